The third kappa shape index (κ3) is 4.99. The van der Waals surface area contributed by atoms with Crippen molar-refractivity contribution in [2.24, 2.45) is 0 Å². The van der Waals surface area contributed by atoms with Crippen molar-refractivity contribution in [1.29, 1.82) is 0 Å². The van der Waals surface area contributed by atoms with Gasteiger partial charge in [0.1, 0.15) is 5.82 Å². The topological polar surface area (TPSA) is 85.2 Å². The zero-order valence-corrected chi connectivity index (χ0v) is 17.5. The van der Waals surface area contributed by atoms with Gasteiger partial charge in [-0.25, -0.2) is 8.42 Å². The van der Waals surface area contributed by atoms with E-state index < -0.39 is 9.84 Å². The second-order valence-electron chi connectivity index (χ2n) is 6.46. The molecule has 0 saturated carbocycles. The Morgan fingerprint density at radius 2 is 2.33 bits per heavy atom. The van der Waals surface area contributed by atoms with Crippen LogP contribution in [0.1, 0.15) is 23.0 Å². The molecule has 0 spiro atoms. The van der Waals surface area contributed by atoms with Crippen molar-refractivity contribution >= 4 is 38.8 Å². The molecule has 1 amide bonds. The van der Waals surface area contributed by atoms with Crippen LogP contribution < -0.4 is 0 Å². The lowest BCUT2D eigenvalue weighted by Gasteiger charge is -2.16. The van der Waals surface area contributed by atoms with Crippen LogP contribution in [0.2, 0.25) is 0 Å². The number of carbonyl (C=O) groups is 1. The summed E-state index contributed by atoms with van der Waals surface area (Å²) < 4.78 is 25.4. The van der Waals surface area contributed by atoms with E-state index in [1.54, 1.807) is 29.4 Å². The largest absolute Gasteiger partial charge is 0.340 e. The summed E-state index contributed by atoms with van der Waals surface area (Å²) in [6.07, 6.45) is 2.29. The number of rotatable bonds is 8. The highest BCUT2D eigenvalue weighted by molar-refractivity contribution is 7.99. The Morgan fingerprint density at radius 3 is 2.96 bits per heavy atom. The Hall–Kier alpha value is -1.65. The molecule has 0 aromatic carbocycles. The van der Waals surface area contributed by atoms with E-state index >= 15 is 0 Å². The van der Waals surface area contributed by atoms with Crippen molar-refractivity contribution in [3.05, 3.63) is 40.9 Å². The Balaban J connectivity index is 1.66. The molecule has 3 heterocycles. The monoisotopic (exact) mass is 426 g/mol. The number of sulfone groups is 1. The van der Waals surface area contributed by atoms with Crippen LogP contribution in [0.3, 0.4) is 0 Å². The van der Waals surface area contributed by atoms with Crippen LogP contribution in [-0.2, 0) is 27.7 Å². The molecule has 1 atom stereocenters. The second-order valence-corrected chi connectivity index (χ2v) is 10.7. The van der Waals surface area contributed by atoms with Crippen LogP contribution in [0, 0.1) is 0 Å². The van der Waals surface area contributed by atoms with Crippen molar-refractivity contribution in [2.75, 3.05) is 24.3 Å². The minimum atomic E-state index is -3.00. The number of aromatic nitrogens is 3. The summed E-state index contributed by atoms with van der Waals surface area (Å²) >= 11 is 2.94. The number of thiophene rings is 1. The third-order valence-corrected chi connectivity index (χ3v) is 7.96. The van der Waals surface area contributed by atoms with E-state index in [4.69, 9.17) is 0 Å². The van der Waals surface area contributed by atoms with Crippen molar-refractivity contribution < 1.29 is 13.2 Å². The summed E-state index contributed by atoms with van der Waals surface area (Å²) in [5.74, 6) is 1.07. The van der Waals surface area contributed by atoms with Gasteiger partial charge in [-0.15, -0.1) is 28.1 Å². The van der Waals surface area contributed by atoms with E-state index in [0.717, 1.165) is 4.88 Å². The number of allylic oxidation sites excluding steroid dienone is 1. The smallest absolute Gasteiger partial charge is 0.233 e. The maximum absolute atomic E-state index is 12.4. The minimum Gasteiger partial charge on any atom is -0.340 e. The van der Waals surface area contributed by atoms with E-state index in [1.165, 1.54) is 11.8 Å². The summed E-state index contributed by atoms with van der Waals surface area (Å²) in [5.41, 5.74) is 0. The quantitative estimate of drug-likeness (QED) is 0.475. The van der Waals surface area contributed by atoms with E-state index in [-0.39, 0.29) is 29.1 Å². The molecule has 0 bridgehead atoms. The first-order valence-electron chi connectivity index (χ1n) is 8.53. The van der Waals surface area contributed by atoms with Gasteiger partial charge in [0.05, 0.1) is 23.8 Å². The summed E-state index contributed by atoms with van der Waals surface area (Å²) in [6.45, 7) is 4.83. The fourth-order valence-electron chi connectivity index (χ4n) is 2.97. The van der Waals surface area contributed by atoms with Gasteiger partial charge in [0.2, 0.25) is 5.91 Å². The Labute approximate surface area is 167 Å². The number of thioether (sulfide) groups is 1. The summed E-state index contributed by atoms with van der Waals surface area (Å²) in [6, 6.07) is 3.97. The molecule has 0 unspecified atom stereocenters. The lowest BCUT2D eigenvalue weighted by molar-refractivity contribution is -0.127. The van der Waals surface area contributed by atoms with Crippen molar-refractivity contribution in [2.45, 2.75) is 30.6 Å². The first kappa shape index (κ1) is 20.1. The molecule has 1 aliphatic rings. The van der Waals surface area contributed by atoms with Crippen molar-refractivity contribution in [1.82, 2.24) is 19.7 Å². The van der Waals surface area contributed by atoms with E-state index in [1.807, 2.05) is 22.1 Å². The minimum absolute atomic E-state index is 0.00606. The van der Waals surface area contributed by atoms with E-state index in [0.29, 0.717) is 30.5 Å². The Kier molecular flexibility index (Phi) is 6.38. The highest BCUT2D eigenvalue weighted by Crippen LogP contribution is 2.30. The second kappa shape index (κ2) is 8.57. The normalized spacial score (nSPS) is 18.5. The molecule has 0 aliphatic carbocycles. The molecule has 3 rings (SSSR count). The van der Waals surface area contributed by atoms with Gasteiger partial charge in [0.15, 0.2) is 15.0 Å². The highest BCUT2D eigenvalue weighted by Gasteiger charge is 2.33. The van der Waals surface area contributed by atoms with Gasteiger partial charge in [-0.3, -0.25) is 4.79 Å². The molecule has 10 heteroatoms. The molecule has 1 fully saturated rings. The summed E-state index contributed by atoms with van der Waals surface area (Å²) in [4.78, 5) is 15.2. The van der Waals surface area contributed by atoms with Crippen LogP contribution in [0.15, 0.2) is 35.3 Å². The lowest BCUT2D eigenvalue weighted by Crippen LogP contribution is -2.27. The first-order valence-corrected chi connectivity index (χ1v) is 12.2. The Bertz CT molecular complexity index is 906. The molecule has 0 N–H and O–H groups in total. The van der Waals surface area contributed by atoms with Gasteiger partial charge < -0.3 is 9.47 Å². The highest BCUT2D eigenvalue weighted by atomic mass is 32.2. The maximum atomic E-state index is 12.4. The van der Waals surface area contributed by atoms with Crippen LogP contribution in [-0.4, -0.2) is 58.3 Å². The predicted octanol–water partition coefficient (Wildman–Crippen LogP) is 2.18. The SMILES string of the molecule is C=CCn1c(SCC(=O)N(C)Cc2cccs2)nnc1[C@H]1CCS(=O)(=O)C1. The number of nitrogens with zero attached hydrogens (tertiary/aromatic N) is 4. The van der Waals surface area contributed by atoms with Gasteiger partial charge in [0, 0.05) is 24.4 Å². The van der Waals surface area contributed by atoms with Crippen LogP contribution in [0.5, 0.6) is 0 Å². The molecule has 2 aromatic rings. The van der Waals surface area contributed by atoms with Gasteiger partial charge in [-0.2, -0.15) is 0 Å². The number of hydrogen-bond donors (Lipinski definition) is 0. The Morgan fingerprint density at radius 1 is 1.52 bits per heavy atom. The number of carbonyl (C=O) groups excluding carboxylic acids is 1. The molecule has 1 saturated heterocycles. The van der Waals surface area contributed by atoms with Crippen LogP contribution >= 0.6 is 23.1 Å². The van der Waals surface area contributed by atoms with E-state index in [9.17, 15) is 13.2 Å². The van der Waals surface area contributed by atoms with Crippen LogP contribution in [0.25, 0.3) is 0 Å². The zero-order valence-electron chi connectivity index (χ0n) is 15.1. The zero-order chi connectivity index (χ0) is 19.4. The molecule has 146 valence electrons. The van der Waals surface area contributed by atoms with Gasteiger partial charge >= 0.3 is 0 Å². The predicted molar refractivity (Wildman–Crippen MR) is 108 cm³/mol. The average molecular weight is 427 g/mol. The third-order valence-electron chi connectivity index (χ3n) is 4.38. The summed E-state index contributed by atoms with van der Waals surface area (Å²) in [7, 11) is -1.22. The molecule has 27 heavy (non-hydrogen) atoms. The molecular formula is C17H22N4O3S3. The number of hydrogen-bond acceptors (Lipinski definition) is 7. The maximum Gasteiger partial charge on any atom is 0.233 e. The first-order chi connectivity index (χ1) is 12.9. The molecule has 7 nitrogen and oxygen atoms in total. The van der Waals surface area contributed by atoms with E-state index in [2.05, 4.69) is 16.8 Å². The average Bonchev–Trinajstić information content (AvgIpc) is 3.34. The molecular weight excluding hydrogens is 404 g/mol. The van der Waals surface area contributed by atoms with Crippen molar-refractivity contribution in [3.63, 3.8) is 0 Å². The number of amides is 1. The summed E-state index contributed by atoms with van der Waals surface area (Å²) in [5, 5.41) is 11.0. The molecule has 2 aromatic heterocycles. The van der Waals surface area contributed by atoms with Gasteiger partial charge in [0.25, 0.3) is 0 Å². The van der Waals surface area contributed by atoms with Gasteiger partial charge in [-0.1, -0.05) is 23.9 Å². The lowest BCUT2D eigenvalue weighted by atomic mass is 10.1. The fraction of sp³-hybridized carbons (Fsp3) is 0.471. The molecule has 1 aliphatic heterocycles. The molecule has 0 radical (unpaired) electrons. The fourth-order valence-corrected chi connectivity index (χ4v) is 6.36. The van der Waals surface area contributed by atoms with Gasteiger partial charge in [-0.05, 0) is 17.9 Å². The standard InChI is InChI=1S/C17H22N4O3S3/c1-3-7-21-16(13-6-9-27(23,24)12-13)18-19-17(21)26-11-15(22)20(2)10-14-5-4-8-25-14/h3-5,8,13H,1,6-7,9-12H2,2H3/t13-/m0/s1. The van der Waals surface area contributed by atoms with Crippen LogP contribution in [0.4, 0.5) is 0 Å². The van der Waals surface area contributed by atoms with Crippen molar-refractivity contribution in [3.8, 4) is 0 Å².